The van der Waals surface area contributed by atoms with Crippen LogP contribution in [0.2, 0.25) is 5.02 Å². The van der Waals surface area contributed by atoms with Crippen LogP contribution in [-0.4, -0.2) is 16.8 Å². The Morgan fingerprint density at radius 2 is 2.18 bits per heavy atom. The van der Waals surface area contributed by atoms with Crippen molar-refractivity contribution in [2.75, 3.05) is 0 Å². The van der Waals surface area contributed by atoms with E-state index < -0.39 is 0 Å². The summed E-state index contributed by atoms with van der Waals surface area (Å²) in [6.45, 7) is 4.05. The standard InChI is InChI=1S/C12H14BrClINO/c1-7(13)5-8(2)16-12(17)10-6-9(14)3-4-11(10)15/h3-4,6-8H,5H2,1-2H3,(H,16,17). The van der Waals surface area contributed by atoms with E-state index in [-0.39, 0.29) is 11.9 Å². The summed E-state index contributed by atoms with van der Waals surface area (Å²) in [7, 11) is 0. The van der Waals surface area contributed by atoms with Gasteiger partial charge in [-0.25, -0.2) is 0 Å². The van der Waals surface area contributed by atoms with E-state index in [0.29, 0.717) is 15.4 Å². The van der Waals surface area contributed by atoms with E-state index >= 15 is 0 Å². The van der Waals surface area contributed by atoms with Gasteiger partial charge in [0, 0.05) is 19.5 Å². The first-order valence-electron chi connectivity index (χ1n) is 5.30. The summed E-state index contributed by atoms with van der Waals surface area (Å²) in [5, 5.41) is 3.54. The largest absolute Gasteiger partial charge is 0.350 e. The minimum atomic E-state index is -0.0717. The maximum atomic E-state index is 12.0. The lowest BCUT2D eigenvalue weighted by molar-refractivity contribution is 0.0938. The van der Waals surface area contributed by atoms with Crippen molar-refractivity contribution in [2.24, 2.45) is 0 Å². The van der Waals surface area contributed by atoms with Gasteiger partial charge in [-0.3, -0.25) is 4.79 Å². The van der Waals surface area contributed by atoms with Crippen LogP contribution in [0.4, 0.5) is 0 Å². The SMILES string of the molecule is CC(Br)CC(C)NC(=O)c1cc(Cl)ccc1I. The molecule has 5 heteroatoms. The molecule has 2 atom stereocenters. The number of amides is 1. The molecule has 1 amide bonds. The summed E-state index contributed by atoms with van der Waals surface area (Å²) in [4.78, 5) is 12.4. The van der Waals surface area contributed by atoms with Crippen LogP contribution in [0.25, 0.3) is 0 Å². The first-order chi connectivity index (χ1) is 7.90. The molecular weight excluding hydrogens is 416 g/mol. The van der Waals surface area contributed by atoms with Gasteiger partial charge in [0.2, 0.25) is 0 Å². The first-order valence-corrected chi connectivity index (χ1v) is 7.67. The Morgan fingerprint density at radius 3 is 2.76 bits per heavy atom. The molecule has 0 saturated carbocycles. The number of rotatable bonds is 4. The summed E-state index contributed by atoms with van der Waals surface area (Å²) in [6, 6.07) is 5.45. The third kappa shape index (κ3) is 5.14. The van der Waals surface area contributed by atoms with Crippen molar-refractivity contribution < 1.29 is 4.79 Å². The molecule has 1 N–H and O–H groups in total. The lowest BCUT2D eigenvalue weighted by Crippen LogP contribution is -2.34. The quantitative estimate of drug-likeness (QED) is 0.562. The van der Waals surface area contributed by atoms with Crippen molar-refractivity contribution in [1.29, 1.82) is 0 Å². The summed E-state index contributed by atoms with van der Waals surface area (Å²) in [5.41, 5.74) is 0.632. The monoisotopic (exact) mass is 429 g/mol. The normalized spacial score (nSPS) is 14.2. The molecule has 0 aliphatic rings. The number of carbonyl (C=O) groups excluding carboxylic acids is 1. The second-order valence-corrected chi connectivity index (χ2v) is 7.18. The van der Waals surface area contributed by atoms with Crippen molar-refractivity contribution in [3.8, 4) is 0 Å². The summed E-state index contributed by atoms with van der Waals surface area (Å²) >= 11 is 11.5. The fraction of sp³-hybridized carbons (Fsp3) is 0.417. The molecular formula is C12H14BrClINO. The van der Waals surface area contributed by atoms with Crippen LogP contribution in [0.3, 0.4) is 0 Å². The molecule has 2 unspecified atom stereocenters. The fourth-order valence-corrected chi connectivity index (χ4v) is 2.83. The van der Waals surface area contributed by atoms with Gasteiger partial charge in [0.15, 0.2) is 0 Å². The van der Waals surface area contributed by atoms with Gasteiger partial charge < -0.3 is 5.32 Å². The average Bonchev–Trinajstić information content (AvgIpc) is 2.20. The molecule has 0 heterocycles. The third-order valence-corrected chi connectivity index (χ3v) is 3.78. The van der Waals surface area contributed by atoms with Crippen LogP contribution >= 0.6 is 50.1 Å². The van der Waals surface area contributed by atoms with Crippen molar-refractivity contribution >= 4 is 56.0 Å². The Hall–Kier alpha value is 0.190. The number of alkyl halides is 1. The molecule has 0 aromatic heterocycles. The molecule has 0 bridgehead atoms. The van der Waals surface area contributed by atoms with Gasteiger partial charge in [0.25, 0.3) is 5.91 Å². The Balaban J connectivity index is 2.73. The topological polar surface area (TPSA) is 29.1 Å². The highest BCUT2D eigenvalue weighted by atomic mass is 127. The maximum Gasteiger partial charge on any atom is 0.252 e. The van der Waals surface area contributed by atoms with Gasteiger partial charge >= 0.3 is 0 Å². The smallest absolute Gasteiger partial charge is 0.252 e. The Kier molecular flexibility index (Phi) is 6.23. The molecule has 0 spiro atoms. The summed E-state index contributed by atoms with van der Waals surface area (Å²) in [5.74, 6) is -0.0717. The number of hydrogen-bond donors (Lipinski definition) is 1. The van der Waals surface area contributed by atoms with Crippen molar-refractivity contribution in [2.45, 2.75) is 31.1 Å². The Morgan fingerprint density at radius 1 is 1.53 bits per heavy atom. The van der Waals surface area contributed by atoms with Gasteiger partial charge in [-0.2, -0.15) is 0 Å². The highest BCUT2D eigenvalue weighted by molar-refractivity contribution is 14.1. The molecule has 2 nitrogen and oxygen atoms in total. The molecule has 1 aromatic rings. The van der Waals surface area contributed by atoms with E-state index in [1.54, 1.807) is 12.1 Å². The van der Waals surface area contributed by atoms with Crippen molar-refractivity contribution in [1.82, 2.24) is 5.32 Å². The van der Waals surface area contributed by atoms with Crippen LogP contribution in [0.15, 0.2) is 18.2 Å². The van der Waals surface area contributed by atoms with Gasteiger partial charge in [0.1, 0.15) is 0 Å². The molecule has 0 fully saturated rings. The minimum Gasteiger partial charge on any atom is -0.350 e. The zero-order chi connectivity index (χ0) is 13.0. The molecule has 1 rings (SSSR count). The average molecular weight is 431 g/mol. The second-order valence-electron chi connectivity index (χ2n) is 4.02. The molecule has 0 aliphatic heterocycles. The minimum absolute atomic E-state index is 0.0717. The molecule has 94 valence electrons. The number of carbonyl (C=O) groups is 1. The molecule has 0 aliphatic carbocycles. The number of hydrogen-bond acceptors (Lipinski definition) is 1. The van der Waals surface area contributed by atoms with Crippen LogP contribution in [-0.2, 0) is 0 Å². The van der Waals surface area contributed by atoms with E-state index in [1.807, 2.05) is 13.0 Å². The molecule has 0 saturated heterocycles. The Labute approximate surface area is 129 Å². The van der Waals surface area contributed by atoms with E-state index in [2.05, 4.69) is 50.8 Å². The predicted octanol–water partition coefficient (Wildman–Crippen LogP) is 4.24. The lowest BCUT2D eigenvalue weighted by Gasteiger charge is -2.15. The zero-order valence-corrected chi connectivity index (χ0v) is 14.1. The molecule has 17 heavy (non-hydrogen) atoms. The zero-order valence-electron chi connectivity index (χ0n) is 9.64. The van der Waals surface area contributed by atoms with Crippen LogP contribution in [0, 0.1) is 3.57 Å². The van der Waals surface area contributed by atoms with Crippen molar-refractivity contribution in [3.05, 3.63) is 32.4 Å². The number of nitrogens with one attached hydrogen (secondary N) is 1. The van der Waals surface area contributed by atoms with E-state index in [4.69, 9.17) is 11.6 Å². The fourth-order valence-electron chi connectivity index (χ4n) is 1.52. The Bertz CT molecular complexity index is 411. The second kappa shape index (κ2) is 6.95. The predicted molar refractivity (Wildman–Crippen MR) is 84.1 cm³/mol. The van der Waals surface area contributed by atoms with Gasteiger partial charge in [-0.1, -0.05) is 34.5 Å². The van der Waals surface area contributed by atoms with E-state index in [1.165, 1.54) is 0 Å². The van der Waals surface area contributed by atoms with E-state index in [9.17, 15) is 4.79 Å². The van der Waals surface area contributed by atoms with Crippen LogP contribution < -0.4 is 5.32 Å². The van der Waals surface area contributed by atoms with Gasteiger partial charge in [0.05, 0.1) is 5.56 Å². The van der Waals surface area contributed by atoms with Gasteiger partial charge in [-0.15, -0.1) is 0 Å². The maximum absolute atomic E-state index is 12.0. The number of halogens is 3. The van der Waals surface area contributed by atoms with Crippen LogP contribution in [0.1, 0.15) is 30.6 Å². The first kappa shape index (κ1) is 15.2. The molecule has 1 aromatic carbocycles. The molecule has 0 radical (unpaired) electrons. The third-order valence-electron chi connectivity index (χ3n) is 2.23. The highest BCUT2D eigenvalue weighted by Gasteiger charge is 2.14. The lowest BCUT2D eigenvalue weighted by atomic mass is 10.1. The summed E-state index contributed by atoms with van der Waals surface area (Å²) < 4.78 is 0.906. The van der Waals surface area contributed by atoms with Crippen molar-refractivity contribution in [3.63, 3.8) is 0 Å². The van der Waals surface area contributed by atoms with Gasteiger partial charge in [-0.05, 0) is 54.1 Å². The summed E-state index contributed by atoms with van der Waals surface area (Å²) in [6.07, 6.45) is 0.892. The number of benzene rings is 1. The van der Waals surface area contributed by atoms with Crippen LogP contribution in [0.5, 0.6) is 0 Å². The van der Waals surface area contributed by atoms with E-state index in [0.717, 1.165) is 9.99 Å². The highest BCUT2D eigenvalue weighted by Crippen LogP contribution is 2.18.